The van der Waals surface area contributed by atoms with Crippen LogP contribution in [0.5, 0.6) is 0 Å². The molecule has 0 bridgehead atoms. The zero-order valence-electron chi connectivity index (χ0n) is 37.7. The van der Waals surface area contributed by atoms with Gasteiger partial charge in [0.1, 0.15) is 6.61 Å². The number of sulfonamides is 4. The molecule has 0 atom stereocenters. The minimum atomic E-state index is -4.37. The molecule has 8 rings (SSSR count). The predicted molar refractivity (Wildman–Crippen MR) is 260 cm³/mol. The number of anilines is 2. The van der Waals surface area contributed by atoms with Gasteiger partial charge in [-0.05, 0) is 161 Å². The standard InChI is InChI=1S/C20H24N4O6S2.C14H15Cl3N2O2.C8H12N2O5S2/c1-21-31(27,28)13-8-9-18(12(10-13)11-25)32(29,30)24-20(26)23-19-14-4-2-6-16(14)22-17-7-3-5-15(17)19;15-14(16,17)7-21-13(20)19-12-8-3-1-5-10(8)18-11-6-2-4-9(11)12;1-10-17(14,15)7-2-3-8(16(9,12)13)6(4-7)5-11/h8-10,21,25H,2-7,11H2,1H3,(H2,22,23,24,26);1-7H2,(H,18,19,20);2-4,10-11H,5H2,1H3,(H2,9,12,13). The summed E-state index contributed by atoms with van der Waals surface area (Å²) in [6.07, 6.45) is 10.5. The molecule has 0 fully saturated rings. The van der Waals surface area contributed by atoms with E-state index in [-0.39, 0.29) is 37.3 Å². The van der Waals surface area contributed by atoms with Crippen LogP contribution < -0.4 is 29.9 Å². The van der Waals surface area contributed by atoms with Gasteiger partial charge in [-0.15, -0.1) is 0 Å². The number of carbonyl (C=O) groups is 2. The Bertz CT molecular complexity index is 3090. The Morgan fingerprint density at radius 2 is 1.00 bits per heavy atom. The maximum atomic E-state index is 12.9. The SMILES string of the molecule is CNS(=O)(=O)c1ccc(S(=O)(=O)NC(=O)Nc2c3c(nc4c2CCC4)CCC3)c(CO)c1.CNS(=O)(=O)c1ccc(S(N)(=O)=O)c(CO)c1.O=C(Nc1c2c(nc3c1CCC3)CCC2)OCC(Cl)(Cl)Cl. The molecule has 0 radical (unpaired) electrons. The lowest BCUT2D eigenvalue weighted by atomic mass is 10.1. The first-order valence-electron chi connectivity index (χ1n) is 21.6. The Balaban J connectivity index is 0.000000183. The number of urea groups is 1. The van der Waals surface area contributed by atoms with Gasteiger partial charge in [-0.3, -0.25) is 15.3 Å². The Hall–Kier alpha value is -4.25. The highest BCUT2D eigenvalue weighted by molar-refractivity contribution is 7.90. The number of hydrogen-bond acceptors (Lipinski definition) is 15. The molecule has 0 aliphatic heterocycles. The van der Waals surface area contributed by atoms with E-state index in [4.69, 9.17) is 59.8 Å². The molecule has 21 nitrogen and oxygen atoms in total. The highest BCUT2D eigenvalue weighted by Gasteiger charge is 2.31. The molecule has 382 valence electrons. The minimum absolute atomic E-state index is 0.0659. The molecule has 4 aliphatic carbocycles. The number of aliphatic hydroxyl groups excluding tert-OH is 2. The Labute approximate surface area is 420 Å². The zero-order chi connectivity index (χ0) is 51.4. The van der Waals surface area contributed by atoms with Gasteiger partial charge in [-0.1, -0.05) is 34.8 Å². The number of halogens is 3. The number of nitrogens with two attached hydrogens (primary N) is 1. The average Bonchev–Trinajstić information content (AvgIpc) is 4.16. The average molecular weight is 1110 g/mol. The molecule has 9 N–H and O–H groups in total. The number of nitrogens with zero attached hydrogens (tertiary/aromatic N) is 2. The van der Waals surface area contributed by atoms with Crippen molar-refractivity contribution in [1.29, 1.82) is 0 Å². The van der Waals surface area contributed by atoms with Gasteiger partial charge in [-0.2, -0.15) is 0 Å². The first kappa shape index (κ1) is 55.1. The number of hydrogen-bond donors (Lipinski definition) is 8. The van der Waals surface area contributed by atoms with Crippen molar-refractivity contribution in [2.45, 2.75) is 114 Å². The maximum Gasteiger partial charge on any atom is 0.411 e. The summed E-state index contributed by atoms with van der Waals surface area (Å²) in [6.45, 7) is -1.63. The number of aryl methyl sites for hydroxylation is 4. The van der Waals surface area contributed by atoms with E-state index < -0.39 is 69.2 Å². The highest BCUT2D eigenvalue weighted by Crippen LogP contribution is 2.38. The fraction of sp³-hybridized carbons (Fsp3) is 0.429. The monoisotopic (exact) mass is 1110 g/mol. The molecule has 0 unspecified atom stereocenters. The van der Waals surface area contributed by atoms with Crippen LogP contribution in [0.25, 0.3) is 0 Å². The second-order valence-corrected chi connectivity index (χ2v) is 25.7. The minimum Gasteiger partial charge on any atom is -0.445 e. The van der Waals surface area contributed by atoms with Gasteiger partial charge < -0.3 is 20.3 Å². The van der Waals surface area contributed by atoms with Gasteiger partial charge in [-0.25, -0.2) is 62.6 Å². The fourth-order valence-electron chi connectivity index (χ4n) is 8.54. The summed E-state index contributed by atoms with van der Waals surface area (Å²) in [6, 6.07) is 5.49. The molecule has 70 heavy (non-hydrogen) atoms. The summed E-state index contributed by atoms with van der Waals surface area (Å²) in [5, 5.41) is 29.1. The lowest BCUT2D eigenvalue weighted by Gasteiger charge is -2.16. The van der Waals surface area contributed by atoms with E-state index in [2.05, 4.69) is 20.1 Å². The molecule has 0 spiro atoms. The number of alkyl halides is 3. The van der Waals surface area contributed by atoms with Crippen LogP contribution in [0, 0.1) is 0 Å². The van der Waals surface area contributed by atoms with Gasteiger partial charge in [0.25, 0.3) is 10.0 Å². The van der Waals surface area contributed by atoms with Crippen LogP contribution in [0.3, 0.4) is 0 Å². The third-order valence-electron chi connectivity index (χ3n) is 11.7. The molecule has 2 aromatic heterocycles. The molecule has 2 heterocycles. The number of aromatic nitrogens is 2. The second-order valence-electron chi connectivity index (χ2n) is 16.3. The van der Waals surface area contributed by atoms with Crippen molar-refractivity contribution >= 4 is 98.4 Å². The van der Waals surface area contributed by atoms with E-state index in [1.165, 1.54) is 14.1 Å². The van der Waals surface area contributed by atoms with Crippen molar-refractivity contribution < 1.29 is 58.2 Å². The number of rotatable bonds is 12. The maximum absolute atomic E-state index is 12.9. The van der Waals surface area contributed by atoms with E-state index in [9.17, 15) is 48.4 Å². The molecule has 4 aromatic rings. The number of nitrogens with one attached hydrogen (secondary N) is 5. The normalized spacial score (nSPS) is 15.0. The Kier molecular flexibility index (Phi) is 17.5. The van der Waals surface area contributed by atoms with Crippen LogP contribution in [0.2, 0.25) is 0 Å². The summed E-state index contributed by atoms with van der Waals surface area (Å²) >= 11 is 16.8. The van der Waals surface area contributed by atoms with Gasteiger partial charge in [0, 0.05) is 22.8 Å². The van der Waals surface area contributed by atoms with Crippen molar-refractivity contribution in [2.24, 2.45) is 5.14 Å². The number of pyridine rings is 2. The molecular formula is C42H51Cl3N8O13S4. The van der Waals surface area contributed by atoms with Crippen LogP contribution in [-0.4, -0.2) is 90.5 Å². The fourth-order valence-corrected chi connectivity index (χ4v) is 12.1. The van der Waals surface area contributed by atoms with E-state index in [0.29, 0.717) is 5.69 Å². The molecule has 28 heteroatoms. The van der Waals surface area contributed by atoms with Crippen LogP contribution in [0.15, 0.2) is 56.0 Å². The first-order chi connectivity index (χ1) is 32.8. The van der Waals surface area contributed by atoms with E-state index in [0.717, 1.165) is 164 Å². The van der Waals surface area contributed by atoms with Crippen molar-refractivity contribution in [2.75, 3.05) is 31.3 Å². The Morgan fingerprint density at radius 1 is 0.614 bits per heavy atom. The summed E-state index contributed by atoms with van der Waals surface area (Å²) < 4.78 is 104. The zero-order valence-corrected chi connectivity index (χ0v) is 43.2. The van der Waals surface area contributed by atoms with Gasteiger partial charge >= 0.3 is 12.1 Å². The van der Waals surface area contributed by atoms with Crippen LogP contribution in [-0.2, 0) is 109 Å². The topological polar surface area (TPSA) is 332 Å². The largest absolute Gasteiger partial charge is 0.445 e. The molecule has 2 aromatic carbocycles. The molecule has 4 aliphatic rings. The van der Waals surface area contributed by atoms with E-state index in [1.807, 2.05) is 4.72 Å². The van der Waals surface area contributed by atoms with Crippen molar-refractivity contribution in [3.63, 3.8) is 0 Å². The lowest BCUT2D eigenvalue weighted by molar-refractivity contribution is 0.164. The third kappa shape index (κ3) is 13.0. The molecule has 0 saturated heterocycles. The van der Waals surface area contributed by atoms with E-state index >= 15 is 0 Å². The lowest BCUT2D eigenvalue weighted by Crippen LogP contribution is -2.35. The van der Waals surface area contributed by atoms with Gasteiger partial charge in [0.15, 0.2) is 0 Å². The number of primary sulfonamides is 1. The molecule has 3 amide bonds. The number of fused-ring (bicyclic) bond motifs is 4. The second kappa shape index (κ2) is 22.3. The molecule has 0 saturated carbocycles. The van der Waals surface area contributed by atoms with Crippen molar-refractivity contribution in [1.82, 2.24) is 24.1 Å². The molecular weight excluding hydrogens is 1060 g/mol. The first-order valence-corrected chi connectivity index (χ1v) is 28.7. The highest BCUT2D eigenvalue weighted by atomic mass is 35.6. The van der Waals surface area contributed by atoms with Crippen LogP contribution in [0.4, 0.5) is 21.0 Å². The third-order valence-corrected chi connectivity index (χ3v) is 17.3. The summed E-state index contributed by atoms with van der Waals surface area (Å²) in [4.78, 5) is 33.0. The van der Waals surface area contributed by atoms with Gasteiger partial charge in [0.2, 0.25) is 33.9 Å². The Morgan fingerprint density at radius 3 is 1.37 bits per heavy atom. The number of aliphatic hydroxyl groups is 2. The van der Waals surface area contributed by atoms with E-state index in [1.54, 1.807) is 0 Å². The summed E-state index contributed by atoms with van der Waals surface area (Å²) in [5.41, 5.74) is 9.61. The number of carbonyl (C=O) groups excluding carboxylic acids is 2. The van der Waals surface area contributed by atoms with Crippen molar-refractivity contribution in [3.8, 4) is 0 Å². The van der Waals surface area contributed by atoms with Crippen LogP contribution in [0.1, 0.15) is 81.8 Å². The quantitative estimate of drug-likeness (QED) is 0.0939. The summed E-state index contributed by atoms with van der Waals surface area (Å²) in [7, 11) is -13.4. The smallest absolute Gasteiger partial charge is 0.411 e. The number of ether oxygens (including phenoxy) is 1. The predicted octanol–water partition coefficient (Wildman–Crippen LogP) is 3.68. The van der Waals surface area contributed by atoms with Crippen molar-refractivity contribution in [3.05, 3.63) is 92.6 Å². The number of amides is 3. The van der Waals surface area contributed by atoms with Crippen LogP contribution >= 0.6 is 34.8 Å². The summed E-state index contributed by atoms with van der Waals surface area (Å²) in [5.74, 6) is 0. The number of benzene rings is 2. The van der Waals surface area contributed by atoms with Gasteiger partial charge in [0.05, 0.1) is 44.2 Å².